The molecule has 104 valence electrons. The number of nitrogens with zero attached hydrogens (tertiary/aromatic N) is 3. The minimum atomic E-state index is 0.532. The summed E-state index contributed by atoms with van der Waals surface area (Å²) >= 11 is 0. The van der Waals surface area contributed by atoms with Crippen molar-refractivity contribution >= 4 is 0 Å². The zero-order chi connectivity index (χ0) is 13.2. The second-order valence-electron chi connectivity index (χ2n) is 6.02. The minimum absolute atomic E-state index is 0.532. The number of piperazine rings is 1. The molecule has 0 radical (unpaired) electrons. The molecule has 0 aromatic carbocycles. The van der Waals surface area contributed by atoms with Crippen LogP contribution in [-0.4, -0.2) is 47.6 Å². The first kappa shape index (κ1) is 13.0. The molecule has 4 nitrogen and oxygen atoms in total. The van der Waals surface area contributed by atoms with Gasteiger partial charge in [0.25, 0.3) is 0 Å². The van der Waals surface area contributed by atoms with Crippen LogP contribution in [0, 0.1) is 6.92 Å². The highest BCUT2D eigenvalue weighted by atomic mass is 15.2. The number of rotatable bonds is 3. The average molecular weight is 260 g/mol. The topological polar surface area (TPSA) is 41.1 Å². The molecule has 0 amide bonds. The Morgan fingerprint density at radius 1 is 1.37 bits per heavy atom. The number of hydrogen-bond acceptors (Lipinski definition) is 4. The number of aryl methyl sites for hydroxylation is 1. The van der Waals surface area contributed by atoms with E-state index in [0.717, 1.165) is 37.6 Å². The van der Waals surface area contributed by atoms with Gasteiger partial charge in [0.1, 0.15) is 5.82 Å². The minimum Gasteiger partial charge on any atom is -0.314 e. The van der Waals surface area contributed by atoms with Gasteiger partial charge in [0, 0.05) is 49.4 Å². The fraction of sp³-hybridized carbons (Fsp3) is 0.733. The quantitative estimate of drug-likeness (QED) is 0.894. The summed E-state index contributed by atoms with van der Waals surface area (Å²) in [4.78, 5) is 11.9. The summed E-state index contributed by atoms with van der Waals surface area (Å²) in [6, 6.07) is 2.71. The van der Waals surface area contributed by atoms with Gasteiger partial charge in [0.2, 0.25) is 0 Å². The summed E-state index contributed by atoms with van der Waals surface area (Å²) in [6.07, 6.45) is 4.94. The van der Waals surface area contributed by atoms with Crippen molar-refractivity contribution in [2.24, 2.45) is 0 Å². The van der Waals surface area contributed by atoms with E-state index in [1.807, 2.05) is 0 Å². The molecular weight excluding hydrogens is 236 g/mol. The van der Waals surface area contributed by atoms with E-state index in [2.05, 4.69) is 35.2 Å². The van der Waals surface area contributed by atoms with Crippen LogP contribution in [0.4, 0.5) is 0 Å². The van der Waals surface area contributed by atoms with E-state index in [1.165, 1.54) is 25.0 Å². The third-order valence-electron chi connectivity index (χ3n) is 4.51. The van der Waals surface area contributed by atoms with Gasteiger partial charge in [-0.15, -0.1) is 0 Å². The van der Waals surface area contributed by atoms with E-state index >= 15 is 0 Å². The van der Waals surface area contributed by atoms with Crippen LogP contribution in [0.25, 0.3) is 0 Å². The van der Waals surface area contributed by atoms with Gasteiger partial charge in [0.15, 0.2) is 0 Å². The van der Waals surface area contributed by atoms with Crippen molar-refractivity contribution in [2.45, 2.75) is 44.6 Å². The fourth-order valence-electron chi connectivity index (χ4n) is 2.96. The van der Waals surface area contributed by atoms with Gasteiger partial charge >= 0.3 is 0 Å². The molecule has 1 aromatic rings. The molecule has 1 unspecified atom stereocenters. The Labute approximate surface area is 115 Å². The van der Waals surface area contributed by atoms with Crippen molar-refractivity contribution in [3.8, 4) is 0 Å². The molecule has 4 heteroatoms. The number of nitrogens with one attached hydrogen (secondary N) is 1. The van der Waals surface area contributed by atoms with Crippen molar-refractivity contribution in [3.05, 3.63) is 23.3 Å². The maximum Gasteiger partial charge on any atom is 0.130 e. The Balaban J connectivity index is 1.74. The Kier molecular flexibility index (Phi) is 3.80. The molecule has 1 atom stereocenters. The number of hydrogen-bond donors (Lipinski definition) is 1. The van der Waals surface area contributed by atoms with Gasteiger partial charge in [-0.2, -0.15) is 0 Å². The van der Waals surface area contributed by atoms with Gasteiger partial charge < -0.3 is 10.2 Å². The molecule has 1 N–H and O–H groups in total. The summed E-state index contributed by atoms with van der Waals surface area (Å²) in [7, 11) is 2.20. The van der Waals surface area contributed by atoms with Crippen LogP contribution < -0.4 is 5.32 Å². The first-order chi connectivity index (χ1) is 9.22. The Morgan fingerprint density at radius 3 is 2.89 bits per heavy atom. The molecule has 0 spiro atoms. The second kappa shape index (κ2) is 5.55. The molecule has 1 saturated heterocycles. The summed E-state index contributed by atoms with van der Waals surface area (Å²) in [5.41, 5.74) is 2.40. The maximum atomic E-state index is 4.82. The van der Waals surface area contributed by atoms with Crippen LogP contribution in [0.1, 0.15) is 42.4 Å². The highest BCUT2D eigenvalue weighted by Gasteiger charge is 2.24. The van der Waals surface area contributed by atoms with Crippen LogP contribution in [0.15, 0.2) is 6.07 Å². The van der Waals surface area contributed by atoms with E-state index in [1.54, 1.807) is 0 Å². The van der Waals surface area contributed by atoms with Crippen LogP contribution in [0.5, 0.6) is 0 Å². The second-order valence-corrected chi connectivity index (χ2v) is 6.02. The van der Waals surface area contributed by atoms with Gasteiger partial charge in [-0.1, -0.05) is 6.42 Å². The van der Waals surface area contributed by atoms with Gasteiger partial charge in [-0.3, -0.25) is 0 Å². The predicted molar refractivity (Wildman–Crippen MR) is 76.4 cm³/mol. The van der Waals surface area contributed by atoms with Crippen molar-refractivity contribution in [2.75, 3.05) is 26.7 Å². The SMILES string of the molecule is Cc1cc(C2CCC2)nc(CC2CNCCN2C)n1. The summed E-state index contributed by atoms with van der Waals surface area (Å²) < 4.78 is 0. The fourth-order valence-corrected chi connectivity index (χ4v) is 2.96. The third-order valence-corrected chi connectivity index (χ3v) is 4.51. The average Bonchev–Trinajstić information content (AvgIpc) is 2.29. The number of aromatic nitrogens is 2. The van der Waals surface area contributed by atoms with E-state index < -0.39 is 0 Å². The molecule has 1 aromatic heterocycles. The van der Waals surface area contributed by atoms with Crippen LogP contribution in [0.3, 0.4) is 0 Å². The molecule has 19 heavy (non-hydrogen) atoms. The Bertz CT molecular complexity index is 442. The largest absolute Gasteiger partial charge is 0.314 e. The summed E-state index contributed by atoms with van der Waals surface area (Å²) in [6.45, 7) is 5.35. The van der Waals surface area contributed by atoms with Crippen molar-refractivity contribution in [3.63, 3.8) is 0 Å². The van der Waals surface area contributed by atoms with Crippen LogP contribution in [0.2, 0.25) is 0 Å². The first-order valence-electron chi connectivity index (χ1n) is 7.48. The standard InChI is InChI=1S/C15H24N4/c1-11-8-14(12-4-3-5-12)18-15(17-11)9-13-10-16-6-7-19(13)2/h8,12-13,16H,3-7,9-10H2,1-2H3. The molecular formula is C15H24N4. The van der Waals surface area contributed by atoms with E-state index in [0.29, 0.717) is 12.0 Å². The highest BCUT2D eigenvalue weighted by Crippen LogP contribution is 2.35. The van der Waals surface area contributed by atoms with Gasteiger partial charge in [0.05, 0.1) is 0 Å². The Hall–Kier alpha value is -1.00. The molecule has 1 aliphatic carbocycles. The van der Waals surface area contributed by atoms with Crippen molar-refractivity contribution in [1.29, 1.82) is 0 Å². The lowest BCUT2D eigenvalue weighted by Gasteiger charge is -2.33. The van der Waals surface area contributed by atoms with E-state index in [4.69, 9.17) is 4.98 Å². The molecule has 2 fully saturated rings. The predicted octanol–water partition coefficient (Wildman–Crippen LogP) is 1.50. The molecule has 2 aliphatic rings. The molecule has 2 heterocycles. The van der Waals surface area contributed by atoms with Gasteiger partial charge in [-0.25, -0.2) is 9.97 Å². The first-order valence-corrected chi connectivity index (χ1v) is 7.48. The van der Waals surface area contributed by atoms with Crippen LogP contribution >= 0.6 is 0 Å². The lowest BCUT2D eigenvalue weighted by molar-refractivity contribution is 0.196. The maximum absolute atomic E-state index is 4.82. The van der Waals surface area contributed by atoms with Gasteiger partial charge in [-0.05, 0) is 32.9 Å². The zero-order valence-electron chi connectivity index (χ0n) is 12.0. The smallest absolute Gasteiger partial charge is 0.130 e. The zero-order valence-corrected chi connectivity index (χ0v) is 12.0. The van der Waals surface area contributed by atoms with Crippen molar-refractivity contribution in [1.82, 2.24) is 20.2 Å². The van der Waals surface area contributed by atoms with Crippen molar-refractivity contribution < 1.29 is 0 Å². The molecule has 0 bridgehead atoms. The number of likely N-dealkylation sites (N-methyl/N-ethyl adjacent to an activating group) is 1. The van der Waals surface area contributed by atoms with Crippen LogP contribution in [-0.2, 0) is 6.42 Å². The molecule has 1 aliphatic heterocycles. The summed E-state index contributed by atoms with van der Waals surface area (Å²) in [5.74, 6) is 1.73. The third kappa shape index (κ3) is 2.95. The van der Waals surface area contributed by atoms with E-state index in [9.17, 15) is 0 Å². The molecule has 1 saturated carbocycles. The normalized spacial score (nSPS) is 25.3. The lowest BCUT2D eigenvalue weighted by Crippen LogP contribution is -2.50. The Morgan fingerprint density at radius 2 is 2.21 bits per heavy atom. The highest BCUT2D eigenvalue weighted by molar-refractivity contribution is 5.16. The molecule has 3 rings (SSSR count). The van der Waals surface area contributed by atoms with E-state index in [-0.39, 0.29) is 0 Å². The lowest BCUT2D eigenvalue weighted by atomic mass is 9.82. The summed E-state index contributed by atoms with van der Waals surface area (Å²) in [5, 5.41) is 3.46. The monoisotopic (exact) mass is 260 g/mol.